The van der Waals surface area contributed by atoms with Crippen molar-refractivity contribution < 1.29 is 17.2 Å². The third-order valence-electron chi connectivity index (χ3n) is 4.17. The van der Waals surface area contributed by atoms with Gasteiger partial charge in [0.2, 0.25) is 10.0 Å². The Balaban J connectivity index is 1.82. The number of aromatic nitrogens is 1. The molecule has 26 heavy (non-hydrogen) atoms. The maximum absolute atomic E-state index is 15.0. The van der Waals surface area contributed by atoms with E-state index in [0.717, 1.165) is 5.56 Å². The molecule has 9 heteroatoms. The molecule has 2 N–H and O–H groups in total. The average Bonchev–Trinajstić information content (AvgIpc) is 3.33. The van der Waals surface area contributed by atoms with Crippen LogP contribution in [-0.2, 0) is 10.0 Å². The summed E-state index contributed by atoms with van der Waals surface area (Å²) in [7, 11) is -3.61. The van der Waals surface area contributed by atoms with Crippen LogP contribution < -0.4 is 10.0 Å². The van der Waals surface area contributed by atoms with Crippen molar-refractivity contribution in [3.05, 3.63) is 47.0 Å². The molecule has 0 radical (unpaired) electrons. The van der Waals surface area contributed by atoms with E-state index in [4.69, 9.17) is 0 Å². The van der Waals surface area contributed by atoms with Crippen molar-refractivity contribution in [1.29, 1.82) is 0 Å². The molecule has 3 aromatic rings. The van der Waals surface area contributed by atoms with Gasteiger partial charge in [-0.1, -0.05) is 6.07 Å². The number of anilines is 3. The number of nitrogens with zero attached hydrogens (tertiary/aromatic N) is 1. The van der Waals surface area contributed by atoms with E-state index < -0.39 is 26.9 Å². The second-order valence-corrected chi connectivity index (χ2v) is 9.11. The van der Waals surface area contributed by atoms with E-state index in [9.17, 15) is 17.2 Å². The summed E-state index contributed by atoms with van der Waals surface area (Å²) in [5, 5.41) is 2.22. The minimum atomic E-state index is -3.61. The van der Waals surface area contributed by atoms with Crippen molar-refractivity contribution in [2.45, 2.75) is 25.0 Å². The number of halogens is 2. The maximum Gasteiger partial charge on any atom is 0.235 e. The highest BCUT2D eigenvalue weighted by molar-refractivity contribution is 7.93. The van der Waals surface area contributed by atoms with Gasteiger partial charge in [-0.05, 0) is 43.5 Å². The van der Waals surface area contributed by atoms with Crippen molar-refractivity contribution in [1.82, 2.24) is 4.98 Å². The molecular formula is C17H15F2N3O2S2. The Hall–Kier alpha value is -2.26. The van der Waals surface area contributed by atoms with Gasteiger partial charge in [0.25, 0.3) is 0 Å². The molecule has 2 aromatic carbocycles. The van der Waals surface area contributed by atoms with E-state index in [1.807, 2.05) is 0 Å². The zero-order chi connectivity index (χ0) is 18.5. The Morgan fingerprint density at radius 2 is 1.96 bits per heavy atom. The van der Waals surface area contributed by atoms with Gasteiger partial charge in [-0.3, -0.25) is 4.72 Å². The van der Waals surface area contributed by atoms with E-state index in [1.54, 1.807) is 13.0 Å². The highest BCUT2D eigenvalue weighted by Gasteiger charge is 2.36. The van der Waals surface area contributed by atoms with Crippen molar-refractivity contribution in [3.63, 3.8) is 0 Å². The lowest BCUT2D eigenvalue weighted by molar-refractivity contribution is 0.600. The van der Waals surface area contributed by atoms with Crippen LogP contribution in [0.25, 0.3) is 10.2 Å². The first-order valence-electron chi connectivity index (χ1n) is 7.95. The zero-order valence-electron chi connectivity index (χ0n) is 13.7. The van der Waals surface area contributed by atoms with E-state index in [-0.39, 0.29) is 22.6 Å². The van der Waals surface area contributed by atoms with Gasteiger partial charge in [0, 0.05) is 0 Å². The van der Waals surface area contributed by atoms with Crippen molar-refractivity contribution >= 4 is 48.6 Å². The van der Waals surface area contributed by atoms with Gasteiger partial charge in [0.05, 0.1) is 26.8 Å². The van der Waals surface area contributed by atoms with Gasteiger partial charge in [-0.15, -0.1) is 11.3 Å². The lowest BCUT2D eigenvalue weighted by atomic mass is 10.2. The summed E-state index contributed by atoms with van der Waals surface area (Å²) in [6.45, 7) is 1.74. The molecule has 0 amide bonds. The normalized spacial score (nSPS) is 14.6. The van der Waals surface area contributed by atoms with E-state index in [1.165, 1.54) is 35.0 Å². The van der Waals surface area contributed by atoms with Gasteiger partial charge in [0.1, 0.15) is 17.0 Å². The number of sulfonamides is 1. The SMILES string of the molecule is Cc1ccc(Nc2c(NS(=O)(=O)C3CC3)cc3scnc3c2F)c(F)c1. The molecular weight excluding hydrogens is 380 g/mol. The highest BCUT2D eigenvalue weighted by Crippen LogP contribution is 2.38. The monoisotopic (exact) mass is 395 g/mol. The summed E-state index contributed by atoms with van der Waals surface area (Å²) in [4.78, 5) is 3.97. The average molecular weight is 395 g/mol. The number of nitrogens with one attached hydrogen (secondary N) is 2. The Morgan fingerprint density at radius 1 is 1.19 bits per heavy atom. The molecule has 5 nitrogen and oxygen atoms in total. The second kappa shape index (κ2) is 6.17. The van der Waals surface area contributed by atoms with Gasteiger partial charge >= 0.3 is 0 Å². The summed E-state index contributed by atoms with van der Waals surface area (Å²) >= 11 is 1.20. The Bertz CT molecular complexity index is 1110. The topological polar surface area (TPSA) is 71.1 Å². The molecule has 1 fully saturated rings. The summed E-state index contributed by atoms with van der Waals surface area (Å²) in [6, 6.07) is 5.99. The molecule has 1 saturated carbocycles. The number of benzene rings is 2. The fourth-order valence-corrected chi connectivity index (χ4v) is 4.74. The largest absolute Gasteiger partial charge is 0.349 e. The van der Waals surface area contributed by atoms with Crippen molar-refractivity contribution in [2.24, 2.45) is 0 Å². The molecule has 1 aliphatic carbocycles. The van der Waals surface area contributed by atoms with Crippen molar-refractivity contribution in [2.75, 3.05) is 10.0 Å². The zero-order valence-corrected chi connectivity index (χ0v) is 15.3. The third kappa shape index (κ3) is 3.12. The first-order valence-corrected chi connectivity index (χ1v) is 10.4. The third-order valence-corrected chi connectivity index (χ3v) is 6.80. The van der Waals surface area contributed by atoms with E-state index in [0.29, 0.717) is 17.5 Å². The van der Waals surface area contributed by atoms with Crippen molar-refractivity contribution in [3.8, 4) is 0 Å². The molecule has 1 aliphatic rings. The lowest BCUT2D eigenvalue weighted by Gasteiger charge is -2.16. The standard InChI is InChI=1S/C17H15F2N3O2S2/c1-9-2-5-12(11(18)6-9)21-16-13(22-26(23,24)10-3-4-10)7-14-17(15(16)19)20-8-25-14/h2,5-8,10,21-22H,3-4H2,1H3. The number of hydrogen-bond donors (Lipinski definition) is 2. The molecule has 0 saturated heterocycles. The van der Waals surface area contributed by atoms with Crippen LogP contribution in [0.4, 0.5) is 25.8 Å². The smallest absolute Gasteiger partial charge is 0.235 e. The van der Waals surface area contributed by atoms with Crippen LogP contribution >= 0.6 is 11.3 Å². The Morgan fingerprint density at radius 3 is 2.65 bits per heavy atom. The predicted octanol–water partition coefficient (Wildman–Crippen LogP) is 4.53. The number of thiazole rings is 1. The predicted molar refractivity (Wildman–Crippen MR) is 99.6 cm³/mol. The van der Waals surface area contributed by atoms with Crippen LogP contribution in [0.15, 0.2) is 29.8 Å². The fraction of sp³-hybridized carbons (Fsp3) is 0.235. The number of rotatable bonds is 5. The van der Waals surface area contributed by atoms with Gasteiger partial charge in [-0.2, -0.15) is 0 Å². The van der Waals surface area contributed by atoms with Gasteiger partial charge < -0.3 is 5.32 Å². The maximum atomic E-state index is 15.0. The first kappa shape index (κ1) is 17.2. The number of aryl methyl sites for hydroxylation is 1. The molecule has 4 rings (SSSR count). The quantitative estimate of drug-likeness (QED) is 0.666. The molecule has 1 aromatic heterocycles. The second-order valence-electron chi connectivity index (χ2n) is 6.27. The van der Waals surface area contributed by atoms with Crippen LogP contribution in [0.2, 0.25) is 0 Å². The molecule has 0 spiro atoms. The van der Waals surface area contributed by atoms with E-state index in [2.05, 4.69) is 15.0 Å². The van der Waals surface area contributed by atoms with Gasteiger partial charge in [0.15, 0.2) is 5.82 Å². The highest BCUT2D eigenvalue weighted by atomic mass is 32.2. The van der Waals surface area contributed by atoms with Gasteiger partial charge in [-0.25, -0.2) is 22.2 Å². The molecule has 136 valence electrons. The minimum Gasteiger partial charge on any atom is -0.349 e. The summed E-state index contributed by atoms with van der Waals surface area (Å²) in [5.74, 6) is -1.28. The molecule has 0 unspecified atom stereocenters. The fourth-order valence-electron chi connectivity index (χ4n) is 2.64. The molecule has 1 heterocycles. The van der Waals surface area contributed by atoms with Crippen LogP contribution in [0.3, 0.4) is 0 Å². The molecule has 0 atom stereocenters. The summed E-state index contributed by atoms with van der Waals surface area (Å²) < 4.78 is 56.8. The molecule has 0 bridgehead atoms. The number of hydrogen-bond acceptors (Lipinski definition) is 5. The van der Waals surface area contributed by atoms with Crippen LogP contribution in [0.5, 0.6) is 0 Å². The Kier molecular flexibility index (Phi) is 4.07. The lowest BCUT2D eigenvalue weighted by Crippen LogP contribution is -2.18. The Labute approximate surface area is 153 Å². The minimum absolute atomic E-state index is 0.0473. The summed E-state index contributed by atoms with van der Waals surface area (Å²) in [5.41, 5.74) is 2.26. The van der Waals surface area contributed by atoms with Crippen LogP contribution in [0.1, 0.15) is 18.4 Å². The first-order chi connectivity index (χ1) is 12.3. The summed E-state index contributed by atoms with van der Waals surface area (Å²) in [6.07, 6.45) is 1.16. The molecule has 0 aliphatic heterocycles. The number of fused-ring (bicyclic) bond motifs is 1. The van der Waals surface area contributed by atoms with E-state index >= 15 is 0 Å². The van der Waals surface area contributed by atoms with Crippen LogP contribution in [0, 0.1) is 18.6 Å². The van der Waals surface area contributed by atoms with Crippen LogP contribution in [-0.4, -0.2) is 18.7 Å².